The minimum atomic E-state index is -0.293. The Morgan fingerprint density at radius 3 is 2.62 bits per heavy atom. The van der Waals surface area contributed by atoms with Gasteiger partial charge in [0.05, 0.1) is 11.6 Å². The molecule has 4 rings (SSSR count). The minimum absolute atomic E-state index is 0.0388. The normalized spacial score (nSPS) is 22.5. The van der Waals surface area contributed by atoms with E-state index in [0.29, 0.717) is 37.6 Å². The second-order valence-corrected chi connectivity index (χ2v) is 8.24. The van der Waals surface area contributed by atoms with Crippen LogP contribution in [0.5, 0.6) is 0 Å². The molecular formula is C20H30N6O3. The molecule has 29 heavy (non-hydrogen) atoms. The lowest BCUT2D eigenvalue weighted by Crippen LogP contribution is -2.54. The average molecular weight is 402 g/mol. The number of hydrogen-bond acceptors (Lipinski definition) is 5. The Balaban J connectivity index is 1.72. The maximum Gasteiger partial charge on any atom is 0.326 e. The molecule has 0 saturated carbocycles. The molecular weight excluding hydrogens is 372 g/mol. The first-order valence-electron chi connectivity index (χ1n) is 10.7. The number of urea groups is 1. The summed E-state index contributed by atoms with van der Waals surface area (Å²) in [4.78, 5) is 53.8. The summed E-state index contributed by atoms with van der Waals surface area (Å²) in [7, 11) is 2.02. The first kappa shape index (κ1) is 19.9. The van der Waals surface area contributed by atoms with Crippen molar-refractivity contribution in [3.05, 3.63) is 21.7 Å². The molecule has 0 aromatic carbocycles. The fourth-order valence-corrected chi connectivity index (χ4v) is 4.46. The molecule has 2 fully saturated rings. The molecule has 0 bridgehead atoms. The number of carbonyl (C=O) groups excluding carboxylic acids is 2. The van der Waals surface area contributed by atoms with E-state index in [0.717, 1.165) is 45.2 Å². The quantitative estimate of drug-likeness (QED) is 0.822. The summed E-state index contributed by atoms with van der Waals surface area (Å²) in [6, 6.07) is -0.333. The molecule has 1 unspecified atom stereocenters. The van der Waals surface area contributed by atoms with Crippen molar-refractivity contribution in [3.8, 4) is 0 Å². The predicted molar refractivity (Wildman–Crippen MR) is 109 cm³/mol. The van der Waals surface area contributed by atoms with Crippen molar-refractivity contribution in [2.24, 2.45) is 0 Å². The molecule has 0 aliphatic carbocycles. The predicted octanol–water partition coefficient (Wildman–Crippen LogP) is 1.42. The minimum Gasteiger partial charge on any atom is -0.333 e. The van der Waals surface area contributed by atoms with Gasteiger partial charge in [-0.3, -0.25) is 14.5 Å². The van der Waals surface area contributed by atoms with Crippen LogP contribution in [0.25, 0.3) is 0 Å². The van der Waals surface area contributed by atoms with Gasteiger partial charge in [0, 0.05) is 39.3 Å². The third-order valence-corrected chi connectivity index (χ3v) is 6.23. The number of amides is 3. The highest BCUT2D eigenvalue weighted by atomic mass is 16.2. The number of unbranched alkanes of at least 4 members (excludes halogenated alkanes) is 1. The Hall–Kier alpha value is -2.42. The van der Waals surface area contributed by atoms with E-state index in [2.05, 4.69) is 21.8 Å². The highest BCUT2D eigenvalue weighted by Gasteiger charge is 2.42. The molecule has 4 heterocycles. The van der Waals surface area contributed by atoms with Crippen LogP contribution < -0.4 is 10.5 Å². The SMILES string of the molecule is CCCCN1C(=O)N2CCCCC2c2c1nc(C(=O)N1CCN(C)CC1)[nH]c2=O. The van der Waals surface area contributed by atoms with E-state index in [1.165, 1.54) is 0 Å². The zero-order valence-electron chi connectivity index (χ0n) is 17.3. The van der Waals surface area contributed by atoms with Crippen LogP contribution in [0.3, 0.4) is 0 Å². The van der Waals surface area contributed by atoms with Crippen LogP contribution in [0, 0.1) is 0 Å². The molecule has 1 atom stereocenters. The molecule has 9 nitrogen and oxygen atoms in total. The molecule has 158 valence electrons. The standard InChI is InChI=1S/C20H30N6O3/c1-3-4-8-26-17-15(14-7-5-6-9-25(14)20(26)29)18(27)22-16(21-17)19(28)24-12-10-23(2)11-13-24/h14H,3-13H2,1-2H3,(H,21,22,27). The summed E-state index contributed by atoms with van der Waals surface area (Å²) in [6.07, 6.45) is 4.43. The first-order chi connectivity index (χ1) is 14.0. The monoisotopic (exact) mass is 402 g/mol. The summed E-state index contributed by atoms with van der Waals surface area (Å²) < 4.78 is 0. The van der Waals surface area contributed by atoms with E-state index < -0.39 is 0 Å². The van der Waals surface area contributed by atoms with Crippen molar-refractivity contribution in [2.75, 3.05) is 51.2 Å². The molecule has 0 spiro atoms. The summed E-state index contributed by atoms with van der Waals surface area (Å²) in [5, 5.41) is 0. The number of piperazine rings is 1. The van der Waals surface area contributed by atoms with E-state index in [1.54, 1.807) is 14.7 Å². The fourth-order valence-electron chi connectivity index (χ4n) is 4.46. The van der Waals surface area contributed by atoms with E-state index in [9.17, 15) is 14.4 Å². The van der Waals surface area contributed by atoms with Crippen LogP contribution in [0.4, 0.5) is 10.6 Å². The number of piperidine rings is 1. The number of hydrogen-bond donors (Lipinski definition) is 1. The van der Waals surface area contributed by atoms with Crippen molar-refractivity contribution < 1.29 is 9.59 Å². The maximum atomic E-state index is 13.2. The van der Waals surface area contributed by atoms with Crippen LogP contribution >= 0.6 is 0 Å². The van der Waals surface area contributed by atoms with E-state index in [1.807, 2.05) is 7.05 Å². The highest BCUT2D eigenvalue weighted by molar-refractivity contribution is 5.96. The van der Waals surface area contributed by atoms with Gasteiger partial charge in [0.15, 0.2) is 0 Å². The summed E-state index contributed by atoms with van der Waals surface area (Å²) >= 11 is 0. The lowest BCUT2D eigenvalue weighted by Gasteiger charge is -2.43. The van der Waals surface area contributed by atoms with Crippen molar-refractivity contribution in [3.63, 3.8) is 0 Å². The number of aromatic amines is 1. The second kappa shape index (κ2) is 8.14. The Morgan fingerprint density at radius 2 is 1.90 bits per heavy atom. The third-order valence-electron chi connectivity index (χ3n) is 6.23. The lowest BCUT2D eigenvalue weighted by atomic mass is 9.94. The topological polar surface area (TPSA) is 92.8 Å². The summed E-state index contributed by atoms with van der Waals surface area (Å²) in [5.41, 5.74) is 0.244. The van der Waals surface area contributed by atoms with Crippen molar-refractivity contribution in [1.29, 1.82) is 0 Å². The van der Waals surface area contributed by atoms with Gasteiger partial charge < -0.3 is 19.7 Å². The second-order valence-electron chi connectivity index (χ2n) is 8.24. The molecule has 0 radical (unpaired) electrons. The molecule has 1 N–H and O–H groups in total. The number of carbonyl (C=O) groups is 2. The van der Waals surface area contributed by atoms with Gasteiger partial charge in [0.25, 0.3) is 11.5 Å². The largest absolute Gasteiger partial charge is 0.333 e. The van der Waals surface area contributed by atoms with Crippen molar-refractivity contribution >= 4 is 17.8 Å². The average Bonchev–Trinajstić information content (AvgIpc) is 2.73. The fraction of sp³-hybridized carbons (Fsp3) is 0.700. The molecule has 3 amide bonds. The van der Waals surface area contributed by atoms with Gasteiger partial charge in [-0.15, -0.1) is 0 Å². The molecule has 2 saturated heterocycles. The van der Waals surface area contributed by atoms with Gasteiger partial charge in [-0.25, -0.2) is 9.78 Å². The highest BCUT2D eigenvalue weighted by Crippen LogP contribution is 2.38. The maximum absolute atomic E-state index is 13.2. The number of rotatable bonds is 4. The number of H-pyrrole nitrogens is 1. The lowest BCUT2D eigenvalue weighted by molar-refractivity contribution is 0.0650. The third kappa shape index (κ3) is 3.63. The van der Waals surface area contributed by atoms with E-state index in [-0.39, 0.29) is 29.4 Å². The number of aromatic nitrogens is 2. The van der Waals surface area contributed by atoms with Gasteiger partial charge in [-0.1, -0.05) is 13.3 Å². The first-order valence-corrected chi connectivity index (χ1v) is 10.7. The zero-order chi connectivity index (χ0) is 20.5. The van der Waals surface area contributed by atoms with Crippen molar-refractivity contribution in [1.82, 2.24) is 24.7 Å². The van der Waals surface area contributed by atoms with Gasteiger partial charge in [0.2, 0.25) is 5.82 Å². The van der Waals surface area contributed by atoms with E-state index >= 15 is 0 Å². The molecule has 9 heteroatoms. The Bertz CT molecular complexity index is 845. The van der Waals surface area contributed by atoms with Gasteiger partial charge in [-0.2, -0.15) is 0 Å². The summed E-state index contributed by atoms with van der Waals surface area (Å²) in [5.74, 6) is 0.150. The van der Waals surface area contributed by atoms with Crippen LogP contribution in [-0.2, 0) is 0 Å². The number of nitrogens with one attached hydrogen (secondary N) is 1. The molecule has 1 aromatic heterocycles. The van der Waals surface area contributed by atoms with Crippen LogP contribution in [0.15, 0.2) is 4.79 Å². The molecule has 1 aromatic rings. The molecule has 3 aliphatic rings. The van der Waals surface area contributed by atoms with Crippen molar-refractivity contribution in [2.45, 2.75) is 45.1 Å². The van der Waals surface area contributed by atoms with Crippen LogP contribution in [0.1, 0.15) is 61.3 Å². The number of nitrogens with zero attached hydrogens (tertiary/aromatic N) is 5. The number of anilines is 1. The number of fused-ring (bicyclic) bond motifs is 3. The molecule has 3 aliphatic heterocycles. The Morgan fingerprint density at radius 1 is 1.14 bits per heavy atom. The van der Waals surface area contributed by atoms with E-state index in [4.69, 9.17) is 0 Å². The van der Waals surface area contributed by atoms with Crippen LogP contribution in [0.2, 0.25) is 0 Å². The Labute approximate surface area is 170 Å². The Kier molecular flexibility index (Phi) is 5.58. The number of likely N-dealkylation sites (N-methyl/N-ethyl adjacent to an activating group) is 1. The smallest absolute Gasteiger partial charge is 0.326 e. The zero-order valence-corrected chi connectivity index (χ0v) is 17.3. The summed E-state index contributed by atoms with van der Waals surface area (Å²) in [6.45, 7) is 6.01. The van der Waals surface area contributed by atoms with Gasteiger partial charge >= 0.3 is 6.03 Å². The van der Waals surface area contributed by atoms with Gasteiger partial charge in [-0.05, 0) is 32.7 Å². The van der Waals surface area contributed by atoms with Crippen LogP contribution in [-0.4, -0.2) is 82.9 Å². The van der Waals surface area contributed by atoms with Gasteiger partial charge in [0.1, 0.15) is 5.82 Å².